The first kappa shape index (κ1) is 17.6. The summed E-state index contributed by atoms with van der Waals surface area (Å²) in [5.41, 5.74) is 0.532. The van der Waals surface area contributed by atoms with Crippen molar-refractivity contribution in [3.8, 4) is 11.8 Å². The number of hydrogen-bond acceptors (Lipinski definition) is 4. The lowest BCUT2D eigenvalue weighted by Crippen LogP contribution is -2.09. The highest BCUT2D eigenvalue weighted by Gasteiger charge is 2.14. The average molecular weight is 331 g/mol. The van der Waals surface area contributed by atoms with E-state index >= 15 is 0 Å². The van der Waals surface area contributed by atoms with Gasteiger partial charge in [0.1, 0.15) is 29.0 Å². The van der Waals surface area contributed by atoms with Crippen LogP contribution in [0.25, 0.3) is 0 Å². The third-order valence-electron chi connectivity index (χ3n) is 3.27. The summed E-state index contributed by atoms with van der Waals surface area (Å²) in [6.45, 7) is 3.14. The fraction of sp³-hybridized carbons (Fsp3) is 0.222. The van der Waals surface area contributed by atoms with Gasteiger partial charge in [-0.15, -0.1) is 0 Å². The number of rotatable bonds is 6. The summed E-state index contributed by atoms with van der Waals surface area (Å²) in [7, 11) is 0. The molecule has 0 bridgehead atoms. The van der Waals surface area contributed by atoms with Gasteiger partial charge in [-0.1, -0.05) is 12.1 Å². The normalized spacial score (nSPS) is 10.2. The Morgan fingerprint density at radius 2 is 1.79 bits per heavy atom. The van der Waals surface area contributed by atoms with Gasteiger partial charge in [0.25, 0.3) is 0 Å². The zero-order chi connectivity index (χ0) is 17.5. The third-order valence-corrected chi connectivity index (χ3v) is 3.27. The van der Waals surface area contributed by atoms with Crippen molar-refractivity contribution in [2.45, 2.75) is 13.3 Å². The van der Waals surface area contributed by atoms with Gasteiger partial charge in [-0.3, -0.25) is 0 Å². The molecule has 24 heavy (non-hydrogen) atoms. The van der Waals surface area contributed by atoms with Crippen LogP contribution in [-0.2, 0) is 11.2 Å². The van der Waals surface area contributed by atoms with Crippen LogP contribution in [-0.4, -0.2) is 19.2 Å². The number of hydrogen-bond donors (Lipinski definition) is 0. The SMILES string of the molecule is CCOCCc1ccc(C(=O)Oc2cc(F)c(C#N)c(F)c2)cc1. The van der Waals surface area contributed by atoms with Crippen LogP contribution in [0.15, 0.2) is 36.4 Å². The number of carbonyl (C=O) groups is 1. The first-order valence-corrected chi connectivity index (χ1v) is 7.33. The molecule has 6 heteroatoms. The van der Waals surface area contributed by atoms with Gasteiger partial charge in [-0.25, -0.2) is 13.6 Å². The molecular formula is C18H15F2NO3. The lowest BCUT2D eigenvalue weighted by Gasteiger charge is -2.07. The molecule has 2 aromatic rings. The smallest absolute Gasteiger partial charge is 0.343 e. The van der Waals surface area contributed by atoms with Crippen molar-refractivity contribution in [2.75, 3.05) is 13.2 Å². The summed E-state index contributed by atoms with van der Waals surface area (Å²) in [4.78, 5) is 12.0. The van der Waals surface area contributed by atoms with Crippen molar-refractivity contribution in [1.82, 2.24) is 0 Å². The quantitative estimate of drug-likeness (QED) is 0.461. The summed E-state index contributed by atoms with van der Waals surface area (Å²) in [6, 6.07) is 9.66. The average Bonchev–Trinajstić information content (AvgIpc) is 2.55. The minimum Gasteiger partial charge on any atom is -0.423 e. The Morgan fingerprint density at radius 1 is 1.17 bits per heavy atom. The van der Waals surface area contributed by atoms with Crippen molar-refractivity contribution in [3.63, 3.8) is 0 Å². The Kier molecular flexibility index (Phi) is 5.99. The molecule has 0 amide bonds. The Bertz CT molecular complexity index is 744. The molecule has 0 aliphatic rings. The van der Waals surface area contributed by atoms with E-state index in [4.69, 9.17) is 14.7 Å². The summed E-state index contributed by atoms with van der Waals surface area (Å²) in [5.74, 6) is -3.19. The van der Waals surface area contributed by atoms with Crippen LogP contribution in [0.1, 0.15) is 28.4 Å². The zero-order valence-corrected chi connectivity index (χ0v) is 13.0. The number of nitrogens with zero attached hydrogens (tertiary/aromatic N) is 1. The fourth-order valence-corrected chi connectivity index (χ4v) is 2.02. The maximum atomic E-state index is 13.5. The van der Waals surface area contributed by atoms with Gasteiger partial charge < -0.3 is 9.47 Å². The molecule has 0 atom stereocenters. The van der Waals surface area contributed by atoms with Gasteiger partial charge in [-0.2, -0.15) is 5.26 Å². The number of ether oxygens (including phenoxy) is 2. The van der Waals surface area contributed by atoms with E-state index in [1.165, 1.54) is 6.07 Å². The van der Waals surface area contributed by atoms with E-state index in [0.717, 1.165) is 24.1 Å². The zero-order valence-electron chi connectivity index (χ0n) is 13.0. The topological polar surface area (TPSA) is 59.3 Å². The van der Waals surface area contributed by atoms with Crippen LogP contribution < -0.4 is 4.74 Å². The van der Waals surface area contributed by atoms with Gasteiger partial charge >= 0.3 is 5.97 Å². The molecule has 0 aromatic heterocycles. The van der Waals surface area contributed by atoms with Crippen molar-refractivity contribution in [2.24, 2.45) is 0 Å². The Hall–Kier alpha value is -2.78. The molecule has 2 aromatic carbocycles. The molecule has 0 N–H and O–H groups in total. The largest absolute Gasteiger partial charge is 0.423 e. The van der Waals surface area contributed by atoms with Gasteiger partial charge in [0.15, 0.2) is 0 Å². The molecule has 0 saturated heterocycles. The highest BCUT2D eigenvalue weighted by molar-refractivity contribution is 5.91. The fourth-order valence-electron chi connectivity index (χ4n) is 2.02. The van der Waals surface area contributed by atoms with Gasteiger partial charge in [0.05, 0.1) is 12.2 Å². The van der Waals surface area contributed by atoms with E-state index in [9.17, 15) is 13.6 Å². The Labute approximate surface area is 138 Å². The molecular weight excluding hydrogens is 316 g/mol. The first-order chi connectivity index (χ1) is 11.5. The van der Waals surface area contributed by atoms with Gasteiger partial charge in [-0.05, 0) is 31.0 Å². The number of halogens is 2. The molecule has 0 aliphatic heterocycles. The van der Waals surface area contributed by atoms with Gasteiger partial charge in [0.2, 0.25) is 0 Å². The molecule has 2 rings (SSSR count). The molecule has 0 fully saturated rings. The molecule has 0 saturated carbocycles. The van der Waals surface area contributed by atoms with E-state index in [1.807, 2.05) is 6.92 Å². The standard InChI is InChI=1S/C18H15F2NO3/c1-2-23-8-7-12-3-5-13(6-4-12)18(22)24-14-9-16(19)15(11-21)17(20)10-14/h3-6,9-10H,2,7-8H2,1H3. The molecule has 0 radical (unpaired) electrons. The second kappa shape index (κ2) is 8.18. The minimum atomic E-state index is -1.08. The van der Waals surface area contributed by atoms with Crippen molar-refractivity contribution < 1.29 is 23.0 Å². The Morgan fingerprint density at radius 3 is 2.33 bits per heavy atom. The number of esters is 1. The highest BCUT2D eigenvalue weighted by atomic mass is 19.1. The van der Waals surface area contributed by atoms with Crippen LogP contribution in [0.5, 0.6) is 5.75 Å². The van der Waals surface area contributed by atoms with Crippen molar-refractivity contribution >= 4 is 5.97 Å². The van der Waals surface area contributed by atoms with E-state index in [-0.39, 0.29) is 11.3 Å². The van der Waals surface area contributed by atoms with Crippen LogP contribution >= 0.6 is 0 Å². The van der Waals surface area contributed by atoms with Crippen LogP contribution in [0.3, 0.4) is 0 Å². The third kappa shape index (κ3) is 4.37. The molecule has 0 heterocycles. The van der Waals surface area contributed by atoms with E-state index in [2.05, 4.69) is 0 Å². The molecule has 124 valence electrons. The maximum absolute atomic E-state index is 13.5. The predicted molar refractivity (Wildman–Crippen MR) is 82.7 cm³/mol. The van der Waals surface area contributed by atoms with E-state index < -0.39 is 23.2 Å². The lowest BCUT2D eigenvalue weighted by atomic mass is 10.1. The van der Waals surface area contributed by atoms with Crippen LogP contribution in [0, 0.1) is 23.0 Å². The predicted octanol–water partition coefficient (Wildman–Crippen LogP) is 3.63. The van der Waals surface area contributed by atoms with E-state index in [0.29, 0.717) is 13.2 Å². The molecule has 4 nitrogen and oxygen atoms in total. The lowest BCUT2D eigenvalue weighted by molar-refractivity contribution is 0.0734. The van der Waals surface area contributed by atoms with Gasteiger partial charge in [0, 0.05) is 18.7 Å². The van der Waals surface area contributed by atoms with E-state index in [1.54, 1.807) is 24.3 Å². The summed E-state index contributed by atoms with van der Waals surface area (Å²) in [5, 5.41) is 8.61. The molecule has 0 aliphatic carbocycles. The maximum Gasteiger partial charge on any atom is 0.343 e. The number of benzene rings is 2. The number of nitriles is 1. The van der Waals surface area contributed by atoms with Crippen LogP contribution in [0.2, 0.25) is 0 Å². The summed E-state index contributed by atoms with van der Waals surface area (Å²) in [6.07, 6.45) is 0.717. The minimum absolute atomic E-state index is 0.250. The molecule has 0 unspecified atom stereocenters. The second-order valence-corrected chi connectivity index (χ2v) is 4.91. The molecule has 0 spiro atoms. The van der Waals surface area contributed by atoms with Crippen molar-refractivity contribution in [1.29, 1.82) is 5.26 Å². The summed E-state index contributed by atoms with van der Waals surface area (Å²) >= 11 is 0. The highest BCUT2D eigenvalue weighted by Crippen LogP contribution is 2.21. The Balaban J connectivity index is 2.06. The second-order valence-electron chi connectivity index (χ2n) is 4.91. The van der Waals surface area contributed by atoms with Crippen LogP contribution in [0.4, 0.5) is 8.78 Å². The monoisotopic (exact) mass is 331 g/mol. The number of carbonyl (C=O) groups excluding carboxylic acids is 1. The van der Waals surface area contributed by atoms with Crippen molar-refractivity contribution in [3.05, 3.63) is 64.7 Å². The first-order valence-electron chi connectivity index (χ1n) is 7.33. The summed E-state index contributed by atoms with van der Waals surface area (Å²) < 4.78 is 37.2.